The van der Waals surface area contributed by atoms with Gasteiger partial charge in [-0.05, 0) is 81.3 Å². The predicted octanol–water partition coefficient (Wildman–Crippen LogP) is 4.69. The van der Waals surface area contributed by atoms with E-state index in [1.54, 1.807) is 6.08 Å². The van der Waals surface area contributed by atoms with Crippen molar-refractivity contribution < 1.29 is 9.59 Å². The van der Waals surface area contributed by atoms with Gasteiger partial charge in [0.15, 0.2) is 0 Å². The number of carbonyl (C=O) groups excluding carboxylic acids is 2. The second-order valence-electron chi connectivity index (χ2n) is 7.42. The number of thioether (sulfide) groups is 1. The third kappa shape index (κ3) is 3.30. The summed E-state index contributed by atoms with van der Waals surface area (Å²) in [6.45, 7) is 11.7. The van der Waals surface area contributed by atoms with Crippen molar-refractivity contribution in [2.45, 2.75) is 40.2 Å². The van der Waals surface area contributed by atoms with Gasteiger partial charge in [-0.1, -0.05) is 12.0 Å². The highest BCUT2D eigenvalue weighted by Crippen LogP contribution is 2.41. The largest absolute Gasteiger partial charge is 0.363 e. The molecule has 0 saturated carbocycles. The first-order valence-electron chi connectivity index (χ1n) is 9.00. The van der Waals surface area contributed by atoms with Gasteiger partial charge < -0.3 is 4.90 Å². The Labute approximate surface area is 165 Å². The number of amides is 2. The van der Waals surface area contributed by atoms with Gasteiger partial charge in [-0.3, -0.25) is 14.5 Å². The van der Waals surface area contributed by atoms with Gasteiger partial charge in [-0.2, -0.15) is 0 Å². The summed E-state index contributed by atoms with van der Waals surface area (Å²) in [6.07, 6.45) is 9.34. The molecule has 1 saturated heterocycles. The summed E-state index contributed by atoms with van der Waals surface area (Å²) in [5.41, 5.74) is 5.56. The Kier molecular flexibility index (Phi) is 4.96. The Morgan fingerprint density at radius 2 is 1.96 bits per heavy atom. The van der Waals surface area contributed by atoms with Crippen LogP contribution in [0.1, 0.15) is 44.4 Å². The molecule has 0 aromatic heterocycles. The molecule has 0 radical (unpaired) electrons. The van der Waals surface area contributed by atoms with E-state index in [4.69, 9.17) is 6.42 Å². The van der Waals surface area contributed by atoms with Gasteiger partial charge >= 0.3 is 0 Å². The Morgan fingerprint density at radius 1 is 1.26 bits per heavy atom. The zero-order valence-electron chi connectivity index (χ0n) is 16.4. The molecule has 0 atom stereocenters. The Balaban J connectivity index is 2.06. The maximum Gasteiger partial charge on any atom is 0.294 e. The lowest BCUT2D eigenvalue weighted by molar-refractivity contribution is -0.122. The Bertz CT molecular complexity index is 934. The zero-order chi connectivity index (χ0) is 19.9. The molecule has 4 nitrogen and oxygen atoms in total. The van der Waals surface area contributed by atoms with Crippen LogP contribution >= 0.6 is 11.8 Å². The normalized spacial score (nSPS) is 20.0. The molecule has 0 N–H and O–H groups in total. The van der Waals surface area contributed by atoms with E-state index in [-0.39, 0.29) is 23.2 Å². The van der Waals surface area contributed by atoms with E-state index in [2.05, 4.69) is 56.7 Å². The Morgan fingerprint density at radius 3 is 2.59 bits per heavy atom. The summed E-state index contributed by atoms with van der Waals surface area (Å²) >= 11 is 0.946. The smallest absolute Gasteiger partial charge is 0.294 e. The zero-order valence-corrected chi connectivity index (χ0v) is 17.2. The Hall–Kier alpha value is -2.45. The lowest BCUT2D eigenvalue weighted by Gasteiger charge is -2.43. The van der Waals surface area contributed by atoms with Gasteiger partial charge in [0.05, 0.1) is 17.0 Å². The van der Waals surface area contributed by atoms with Crippen molar-refractivity contribution in [3.8, 4) is 12.3 Å². The van der Waals surface area contributed by atoms with Gasteiger partial charge in [0.2, 0.25) is 0 Å². The fraction of sp³-hybridized carbons (Fsp3) is 0.364. The average molecular weight is 381 g/mol. The minimum Gasteiger partial charge on any atom is -0.363 e. The molecule has 1 aromatic rings. The van der Waals surface area contributed by atoms with Crippen molar-refractivity contribution in [3.63, 3.8) is 0 Å². The van der Waals surface area contributed by atoms with Crippen LogP contribution in [-0.2, 0) is 4.79 Å². The summed E-state index contributed by atoms with van der Waals surface area (Å²) in [7, 11) is 0. The highest BCUT2D eigenvalue weighted by Gasteiger charge is 2.35. The van der Waals surface area contributed by atoms with Crippen LogP contribution in [0.25, 0.3) is 11.6 Å². The summed E-state index contributed by atoms with van der Waals surface area (Å²) in [4.78, 5) is 28.4. The van der Waals surface area contributed by atoms with E-state index >= 15 is 0 Å². The minimum atomic E-state index is -0.316. The molecule has 0 bridgehead atoms. The van der Waals surface area contributed by atoms with Crippen LogP contribution in [0.2, 0.25) is 0 Å². The molecule has 140 valence electrons. The lowest BCUT2D eigenvalue weighted by Crippen LogP contribution is -2.44. The standard InChI is InChI=1S/C22H24N2O2S/c1-7-9-23-20(25)19(27-21(23)26)12-16-11-17-15(4)13-22(5,6)24(8-2)18(17)10-14(16)3/h1,10-13H,8-9H2,2-6H3/b19-12-. The first-order valence-corrected chi connectivity index (χ1v) is 9.82. The molecule has 0 aliphatic carbocycles. The van der Waals surface area contributed by atoms with Gasteiger partial charge in [0.25, 0.3) is 11.1 Å². The highest BCUT2D eigenvalue weighted by atomic mass is 32.2. The summed E-state index contributed by atoms with van der Waals surface area (Å²) < 4.78 is 0. The van der Waals surface area contributed by atoms with Crippen molar-refractivity contribution in [1.82, 2.24) is 4.90 Å². The number of terminal acetylenes is 1. The number of anilines is 1. The molecule has 1 fully saturated rings. The van der Waals surface area contributed by atoms with Crippen molar-refractivity contribution in [1.29, 1.82) is 0 Å². The van der Waals surface area contributed by atoms with Gasteiger partial charge in [0.1, 0.15) is 0 Å². The van der Waals surface area contributed by atoms with Crippen LogP contribution in [0.5, 0.6) is 0 Å². The van der Waals surface area contributed by atoms with Crippen molar-refractivity contribution in [2.75, 3.05) is 18.0 Å². The molecule has 3 rings (SSSR count). The van der Waals surface area contributed by atoms with E-state index in [0.717, 1.165) is 39.9 Å². The minimum absolute atomic E-state index is 0.00751. The second kappa shape index (κ2) is 6.94. The number of hydrogen-bond donors (Lipinski definition) is 0. The van der Waals surface area contributed by atoms with Crippen LogP contribution in [0.15, 0.2) is 23.1 Å². The lowest BCUT2D eigenvalue weighted by atomic mass is 9.87. The summed E-state index contributed by atoms with van der Waals surface area (Å²) in [5, 5.41) is -0.310. The molecular weight excluding hydrogens is 356 g/mol. The highest BCUT2D eigenvalue weighted by molar-refractivity contribution is 8.18. The van der Waals surface area contributed by atoms with E-state index < -0.39 is 0 Å². The average Bonchev–Trinajstić information content (AvgIpc) is 2.84. The fourth-order valence-electron chi connectivity index (χ4n) is 3.85. The molecule has 0 spiro atoms. The molecule has 1 aromatic carbocycles. The molecule has 2 heterocycles. The number of benzene rings is 1. The number of nitrogens with zero attached hydrogens (tertiary/aromatic N) is 2. The third-order valence-electron chi connectivity index (χ3n) is 5.09. The van der Waals surface area contributed by atoms with E-state index in [0.29, 0.717) is 4.91 Å². The maximum atomic E-state index is 12.5. The number of hydrogen-bond acceptors (Lipinski definition) is 4. The van der Waals surface area contributed by atoms with Crippen LogP contribution in [-0.4, -0.2) is 34.7 Å². The fourth-order valence-corrected chi connectivity index (χ4v) is 4.68. The number of fused-ring (bicyclic) bond motifs is 1. The van der Waals surface area contributed by atoms with Gasteiger partial charge in [-0.25, -0.2) is 0 Å². The van der Waals surface area contributed by atoms with Gasteiger partial charge in [-0.15, -0.1) is 6.42 Å². The number of imide groups is 1. The first-order chi connectivity index (χ1) is 12.7. The number of aryl methyl sites for hydroxylation is 1. The number of rotatable bonds is 3. The van der Waals surface area contributed by atoms with E-state index in [9.17, 15) is 9.59 Å². The third-order valence-corrected chi connectivity index (χ3v) is 6.00. The van der Waals surface area contributed by atoms with Crippen LogP contribution in [0.3, 0.4) is 0 Å². The SMILES string of the molecule is C#CCN1C(=O)S/C(=C\c2cc3c(cc2C)N(CC)C(C)(C)C=C3C)C1=O. The molecule has 27 heavy (non-hydrogen) atoms. The molecular formula is C22H24N2O2S. The number of likely N-dealkylation sites (N-methyl/N-ethyl adjacent to an activating group) is 1. The second-order valence-corrected chi connectivity index (χ2v) is 8.42. The van der Waals surface area contributed by atoms with E-state index in [1.807, 2.05) is 6.92 Å². The van der Waals surface area contributed by atoms with Crippen LogP contribution in [0.4, 0.5) is 10.5 Å². The van der Waals surface area contributed by atoms with Gasteiger partial charge in [0, 0.05) is 17.8 Å². The summed E-state index contributed by atoms with van der Waals surface area (Å²) in [6, 6.07) is 4.29. The maximum absolute atomic E-state index is 12.5. The monoisotopic (exact) mass is 380 g/mol. The number of allylic oxidation sites excluding steroid dienone is 1. The molecule has 2 aliphatic heterocycles. The summed E-state index contributed by atoms with van der Waals surface area (Å²) in [5.74, 6) is 2.05. The quantitative estimate of drug-likeness (QED) is 0.564. The molecule has 0 unspecified atom stereocenters. The van der Waals surface area contributed by atoms with E-state index in [1.165, 1.54) is 11.3 Å². The van der Waals surface area contributed by atoms with Crippen molar-refractivity contribution in [3.05, 3.63) is 39.8 Å². The predicted molar refractivity (Wildman–Crippen MR) is 113 cm³/mol. The van der Waals surface area contributed by atoms with Crippen LogP contribution in [0, 0.1) is 19.3 Å². The topological polar surface area (TPSA) is 40.6 Å². The first kappa shape index (κ1) is 19.3. The van der Waals surface area contributed by atoms with Crippen LogP contribution < -0.4 is 4.90 Å². The number of carbonyl (C=O) groups is 2. The molecule has 5 heteroatoms. The van der Waals surface area contributed by atoms with Crippen molar-refractivity contribution in [2.24, 2.45) is 0 Å². The van der Waals surface area contributed by atoms with Crippen molar-refractivity contribution >= 4 is 40.2 Å². The molecule has 2 amide bonds. The molecule has 2 aliphatic rings.